The average molecular weight is 619 g/mol. The van der Waals surface area contributed by atoms with E-state index in [1.54, 1.807) is 62.6 Å². The average Bonchev–Trinajstić information content (AvgIpc) is 3.90. The normalized spacial score (nSPS) is 36.0. The fourth-order valence-corrected chi connectivity index (χ4v) is 7.86. The number of methoxy groups -OCH3 is 2. The molecule has 1 saturated heterocycles. The Bertz CT molecular complexity index is 1500. The first-order valence-electron chi connectivity index (χ1n) is 15.6. The molecule has 1 spiro atoms. The first kappa shape index (κ1) is 31.3. The molecule has 3 aliphatic carbocycles. The molecule has 0 aromatic heterocycles. The van der Waals surface area contributed by atoms with E-state index in [1.165, 1.54) is 7.11 Å². The lowest BCUT2D eigenvalue weighted by molar-refractivity contribution is -0.151. The van der Waals surface area contributed by atoms with Gasteiger partial charge in [-0.1, -0.05) is 26.8 Å². The molecular weight excluding hydrogens is 576 g/mol. The smallest absolute Gasteiger partial charge is 0.338 e. The third-order valence-corrected chi connectivity index (χ3v) is 10.8. The zero-order valence-corrected chi connectivity index (χ0v) is 26.7. The van der Waals surface area contributed by atoms with Gasteiger partial charge in [0.2, 0.25) is 0 Å². The van der Waals surface area contributed by atoms with Crippen LogP contribution in [-0.4, -0.2) is 67.1 Å². The van der Waals surface area contributed by atoms with Crippen molar-refractivity contribution in [3.8, 4) is 11.5 Å². The number of epoxide rings is 1. The molecule has 6 rings (SSSR count). The Morgan fingerprint density at radius 1 is 0.911 bits per heavy atom. The van der Waals surface area contributed by atoms with E-state index in [2.05, 4.69) is 13.8 Å². The van der Waals surface area contributed by atoms with Gasteiger partial charge in [0.25, 0.3) is 0 Å². The first-order valence-corrected chi connectivity index (χ1v) is 15.6. The van der Waals surface area contributed by atoms with Gasteiger partial charge in [-0.25, -0.2) is 9.59 Å². The minimum absolute atomic E-state index is 0.00644. The molecule has 240 valence electrons. The summed E-state index contributed by atoms with van der Waals surface area (Å²) in [6, 6.07) is 13.1. The Hall–Kier alpha value is -3.69. The van der Waals surface area contributed by atoms with Gasteiger partial charge in [0.05, 0.1) is 37.9 Å². The lowest BCUT2D eigenvalue weighted by Gasteiger charge is -2.39. The first-order chi connectivity index (χ1) is 21.3. The molecule has 0 bridgehead atoms. The third-order valence-electron chi connectivity index (χ3n) is 10.8. The minimum atomic E-state index is -1.96. The molecule has 9 heteroatoms. The Labute approximate surface area is 263 Å². The van der Waals surface area contributed by atoms with Gasteiger partial charge in [0.15, 0.2) is 5.78 Å². The van der Waals surface area contributed by atoms with E-state index in [9.17, 15) is 19.5 Å². The highest BCUT2D eigenvalue weighted by Crippen LogP contribution is 2.63. The Morgan fingerprint density at radius 2 is 1.44 bits per heavy atom. The van der Waals surface area contributed by atoms with Crippen LogP contribution in [0, 0.1) is 29.1 Å². The molecule has 1 heterocycles. The Balaban J connectivity index is 1.42. The van der Waals surface area contributed by atoms with E-state index >= 15 is 0 Å². The van der Waals surface area contributed by atoms with Crippen molar-refractivity contribution in [2.24, 2.45) is 29.1 Å². The molecule has 3 fully saturated rings. The predicted molar refractivity (Wildman–Crippen MR) is 164 cm³/mol. The lowest BCUT2D eigenvalue weighted by atomic mass is 9.74. The molecular formula is C36H42O9. The number of rotatable bonds is 6. The number of fused-ring (bicyclic) bond motifs is 2. The number of carbonyl (C=O) groups is 3. The van der Waals surface area contributed by atoms with Gasteiger partial charge < -0.3 is 28.8 Å². The summed E-state index contributed by atoms with van der Waals surface area (Å²) in [7, 11) is 3.08. The van der Waals surface area contributed by atoms with E-state index in [4.69, 9.17) is 23.7 Å². The van der Waals surface area contributed by atoms with Crippen LogP contribution in [0.3, 0.4) is 0 Å². The van der Waals surface area contributed by atoms with Crippen molar-refractivity contribution in [1.82, 2.24) is 0 Å². The lowest BCUT2D eigenvalue weighted by Crippen LogP contribution is -2.56. The highest BCUT2D eigenvalue weighted by Gasteiger charge is 2.69. The van der Waals surface area contributed by atoms with Crippen LogP contribution >= 0.6 is 0 Å². The van der Waals surface area contributed by atoms with Gasteiger partial charge in [-0.2, -0.15) is 0 Å². The van der Waals surface area contributed by atoms with Gasteiger partial charge in [-0.05, 0) is 103 Å². The van der Waals surface area contributed by atoms with Crippen LogP contribution in [0.5, 0.6) is 11.5 Å². The van der Waals surface area contributed by atoms with Gasteiger partial charge in [0, 0.05) is 0 Å². The van der Waals surface area contributed by atoms with Crippen LogP contribution in [0.4, 0.5) is 0 Å². The summed E-state index contributed by atoms with van der Waals surface area (Å²) < 4.78 is 29.1. The second-order valence-corrected chi connectivity index (χ2v) is 13.8. The number of esters is 2. The summed E-state index contributed by atoms with van der Waals surface area (Å²) >= 11 is 0. The van der Waals surface area contributed by atoms with Crippen molar-refractivity contribution in [3.05, 3.63) is 71.3 Å². The minimum Gasteiger partial charge on any atom is -0.497 e. The summed E-state index contributed by atoms with van der Waals surface area (Å²) in [5.74, 6) is -1.50. The van der Waals surface area contributed by atoms with Crippen molar-refractivity contribution >= 4 is 17.7 Å². The van der Waals surface area contributed by atoms with Gasteiger partial charge in [0.1, 0.15) is 34.9 Å². The second kappa shape index (κ2) is 11.3. The molecule has 1 N–H and O–H groups in total. The number of hydrogen-bond donors (Lipinski definition) is 1. The summed E-state index contributed by atoms with van der Waals surface area (Å²) in [5, 5.41) is 12.5. The summed E-state index contributed by atoms with van der Waals surface area (Å²) in [5.41, 5.74) is -1.86. The fourth-order valence-electron chi connectivity index (χ4n) is 7.86. The molecule has 2 saturated carbocycles. The molecule has 8 atom stereocenters. The van der Waals surface area contributed by atoms with E-state index in [-0.39, 0.29) is 23.3 Å². The number of benzene rings is 2. The van der Waals surface area contributed by atoms with Gasteiger partial charge in [-0.3, -0.25) is 4.79 Å². The Morgan fingerprint density at radius 3 is 1.96 bits per heavy atom. The second-order valence-electron chi connectivity index (χ2n) is 13.8. The van der Waals surface area contributed by atoms with E-state index in [0.717, 1.165) is 6.42 Å². The highest BCUT2D eigenvalue weighted by atomic mass is 16.6. The van der Waals surface area contributed by atoms with E-state index in [0.29, 0.717) is 41.6 Å². The molecule has 2 aromatic rings. The SMILES string of the molecule is COc1ccc(C(=O)O[C@@H]2[C@@H]3[C@@H](OC(=O)c4ccc(OC)cc4)[C@]4(CC[C@H]5[C@@H](/C=C(\C)C(=O)[C@@]3(O)C[C@@H]2C)C5(C)C)CO4)cc1. The fraction of sp³-hybridized carbons (Fsp3) is 0.528. The van der Waals surface area contributed by atoms with Crippen LogP contribution in [-0.2, 0) is 19.0 Å². The maximum absolute atomic E-state index is 14.3. The molecule has 2 aromatic carbocycles. The number of ether oxygens (including phenoxy) is 5. The molecule has 4 aliphatic rings. The monoisotopic (exact) mass is 618 g/mol. The predicted octanol–water partition coefficient (Wildman–Crippen LogP) is 5.19. The van der Waals surface area contributed by atoms with Crippen molar-refractivity contribution in [2.75, 3.05) is 20.8 Å². The van der Waals surface area contributed by atoms with Crippen molar-refractivity contribution < 1.29 is 43.2 Å². The van der Waals surface area contributed by atoms with Crippen LogP contribution in [0.1, 0.15) is 67.7 Å². The highest BCUT2D eigenvalue weighted by molar-refractivity contribution is 6.02. The van der Waals surface area contributed by atoms with E-state index in [1.807, 2.05) is 13.0 Å². The standard InChI is InChI=1S/C36H42O9/c1-20-17-27-26(34(27,3)4)15-16-35(19-43-35)31(45-33(39)23-9-13-25(42-6)14-10-23)28-29(21(2)18-36(28,40)30(20)37)44-32(38)22-7-11-24(41-5)12-8-22/h7-14,17,21,26-29,31,40H,15-16,18-19H2,1-6H3/b20-17+/t21-,26-,27+,28+,29-,31+,35-,36+/m0/s1. The topological polar surface area (TPSA) is 121 Å². The number of carbonyl (C=O) groups excluding carboxylic acids is 3. The summed E-state index contributed by atoms with van der Waals surface area (Å²) in [6.07, 6.45) is 1.39. The molecule has 0 amide bonds. The maximum atomic E-state index is 14.3. The molecule has 1 aliphatic heterocycles. The Kier molecular flexibility index (Phi) is 7.85. The molecule has 0 unspecified atom stereocenters. The van der Waals surface area contributed by atoms with Crippen LogP contribution in [0.25, 0.3) is 0 Å². The number of Topliss-reactive ketones (excluding diaryl/α,β-unsaturated/α-hetero) is 1. The molecule has 45 heavy (non-hydrogen) atoms. The quantitative estimate of drug-likeness (QED) is 0.344. The van der Waals surface area contributed by atoms with Crippen molar-refractivity contribution in [2.45, 2.75) is 70.4 Å². The zero-order chi connectivity index (χ0) is 32.3. The summed E-state index contributed by atoms with van der Waals surface area (Å²) in [6.45, 7) is 8.26. The third kappa shape index (κ3) is 5.44. The molecule has 9 nitrogen and oxygen atoms in total. The zero-order valence-electron chi connectivity index (χ0n) is 26.7. The summed E-state index contributed by atoms with van der Waals surface area (Å²) in [4.78, 5) is 41.6. The van der Waals surface area contributed by atoms with Gasteiger partial charge in [-0.15, -0.1) is 0 Å². The van der Waals surface area contributed by atoms with Crippen LogP contribution < -0.4 is 9.47 Å². The number of ketones is 1. The number of hydrogen-bond acceptors (Lipinski definition) is 9. The van der Waals surface area contributed by atoms with Gasteiger partial charge >= 0.3 is 11.9 Å². The van der Waals surface area contributed by atoms with Crippen molar-refractivity contribution in [1.29, 1.82) is 0 Å². The van der Waals surface area contributed by atoms with Crippen LogP contribution in [0.2, 0.25) is 0 Å². The molecule has 0 radical (unpaired) electrons. The van der Waals surface area contributed by atoms with Crippen LogP contribution in [0.15, 0.2) is 60.2 Å². The van der Waals surface area contributed by atoms with E-state index < -0.39 is 53.0 Å². The van der Waals surface area contributed by atoms with Crippen molar-refractivity contribution in [3.63, 3.8) is 0 Å². The number of aliphatic hydroxyl groups is 1. The number of allylic oxidation sites excluding steroid dienone is 1. The maximum Gasteiger partial charge on any atom is 0.338 e. The largest absolute Gasteiger partial charge is 0.497 e.